The summed E-state index contributed by atoms with van der Waals surface area (Å²) in [7, 11) is -3.13. The average Bonchev–Trinajstić information content (AvgIpc) is 2.49. The molecule has 0 saturated heterocycles. The van der Waals surface area contributed by atoms with Gasteiger partial charge in [0.2, 0.25) is 5.91 Å². The van der Waals surface area contributed by atoms with Gasteiger partial charge in [-0.2, -0.15) is 0 Å². The highest BCUT2D eigenvalue weighted by atomic mass is 35.5. The van der Waals surface area contributed by atoms with Gasteiger partial charge in [-0.25, -0.2) is 8.42 Å². The number of hydrogen-bond acceptors (Lipinski definition) is 4. The van der Waals surface area contributed by atoms with E-state index in [0.29, 0.717) is 18.1 Å². The lowest BCUT2D eigenvalue weighted by Gasteiger charge is -2.26. The van der Waals surface area contributed by atoms with Crippen LogP contribution in [0.2, 0.25) is 5.02 Å². The van der Waals surface area contributed by atoms with Crippen LogP contribution in [-0.4, -0.2) is 43.8 Å². The van der Waals surface area contributed by atoms with Crippen molar-refractivity contribution < 1.29 is 13.2 Å². The standard InChI is InChI=1S/C16H25ClN2O3S/c1-3-4-10-19(12-13-7-5-6-8-14(13)17)16(20)15(18)9-11-23(2,21)22/h5-8,15H,3-4,9-12,18H2,1-2H3. The molecule has 5 nitrogen and oxygen atoms in total. The van der Waals surface area contributed by atoms with E-state index in [9.17, 15) is 13.2 Å². The maximum Gasteiger partial charge on any atom is 0.239 e. The van der Waals surface area contributed by atoms with Gasteiger partial charge in [0.15, 0.2) is 0 Å². The number of hydrogen-bond donors (Lipinski definition) is 1. The molecule has 0 aliphatic carbocycles. The number of carbonyl (C=O) groups is 1. The van der Waals surface area contributed by atoms with Crippen molar-refractivity contribution in [3.63, 3.8) is 0 Å². The summed E-state index contributed by atoms with van der Waals surface area (Å²) in [6.45, 7) is 3.00. The molecule has 0 fully saturated rings. The lowest BCUT2D eigenvalue weighted by Crippen LogP contribution is -2.44. The Kier molecular flexibility index (Phi) is 8.02. The van der Waals surface area contributed by atoms with Crippen LogP contribution in [0.15, 0.2) is 24.3 Å². The second-order valence-corrected chi connectivity index (χ2v) is 8.40. The summed E-state index contributed by atoms with van der Waals surface area (Å²) in [5.41, 5.74) is 6.76. The Bertz CT molecular complexity index is 620. The van der Waals surface area contributed by atoms with Gasteiger partial charge in [-0.3, -0.25) is 4.79 Å². The topological polar surface area (TPSA) is 80.5 Å². The zero-order chi connectivity index (χ0) is 17.5. The first kappa shape index (κ1) is 19.9. The van der Waals surface area contributed by atoms with Gasteiger partial charge in [0.05, 0.1) is 11.8 Å². The number of amides is 1. The Morgan fingerprint density at radius 1 is 1.35 bits per heavy atom. The second-order valence-electron chi connectivity index (χ2n) is 5.73. The molecule has 1 rings (SSSR count). The molecule has 1 aromatic rings. The van der Waals surface area contributed by atoms with E-state index in [-0.39, 0.29) is 18.1 Å². The van der Waals surface area contributed by atoms with Crippen LogP contribution in [0.5, 0.6) is 0 Å². The lowest BCUT2D eigenvalue weighted by molar-refractivity contribution is -0.133. The van der Waals surface area contributed by atoms with Crippen molar-refractivity contribution in [2.45, 2.75) is 38.8 Å². The Morgan fingerprint density at radius 3 is 2.57 bits per heavy atom. The maximum absolute atomic E-state index is 12.5. The van der Waals surface area contributed by atoms with Crippen molar-refractivity contribution in [1.29, 1.82) is 0 Å². The van der Waals surface area contributed by atoms with Crippen LogP contribution >= 0.6 is 11.6 Å². The van der Waals surface area contributed by atoms with Gasteiger partial charge in [-0.15, -0.1) is 0 Å². The number of nitrogens with zero attached hydrogens (tertiary/aromatic N) is 1. The van der Waals surface area contributed by atoms with E-state index in [2.05, 4.69) is 0 Å². The van der Waals surface area contributed by atoms with E-state index in [0.717, 1.165) is 24.7 Å². The molecule has 23 heavy (non-hydrogen) atoms. The van der Waals surface area contributed by atoms with E-state index in [1.165, 1.54) is 0 Å². The third kappa shape index (κ3) is 7.33. The number of unbranched alkanes of at least 4 members (excludes halogenated alkanes) is 1. The maximum atomic E-state index is 12.5. The van der Waals surface area contributed by atoms with Crippen LogP contribution in [0.4, 0.5) is 0 Å². The molecule has 0 radical (unpaired) electrons. The molecule has 0 heterocycles. The van der Waals surface area contributed by atoms with Crippen molar-refractivity contribution in [2.75, 3.05) is 18.6 Å². The van der Waals surface area contributed by atoms with Crippen molar-refractivity contribution in [3.8, 4) is 0 Å². The monoisotopic (exact) mass is 360 g/mol. The fraction of sp³-hybridized carbons (Fsp3) is 0.562. The van der Waals surface area contributed by atoms with Crippen molar-refractivity contribution in [3.05, 3.63) is 34.9 Å². The van der Waals surface area contributed by atoms with E-state index in [1.54, 1.807) is 11.0 Å². The summed E-state index contributed by atoms with van der Waals surface area (Å²) in [5, 5.41) is 0.603. The molecule has 7 heteroatoms. The Balaban J connectivity index is 2.79. The summed E-state index contributed by atoms with van der Waals surface area (Å²) >= 11 is 6.16. The normalized spacial score (nSPS) is 12.9. The summed E-state index contributed by atoms with van der Waals surface area (Å²) in [5.74, 6) is -0.324. The smallest absolute Gasteiger partial charge is 0.239 e. The average molecular weight is 361 g/mol. The lowest BCUT2D eigenvalue weighted by atomic mass is 10.1. The highest BCUT2D eigenvalue weighted by molar-refractivity contribution is 7.90. The van der Waals surface area contributed by atoms with Crippen LogP contribution in [0.1, 0.15) is 31.7 Å². The number of halogens is 1. The van der Waals surface area contributed by atoms with Gasteiger partial charge in [-0.05, 0) is 24.5 Å². The molecule has 2 N–H and O–H groups in total. The second kappa shape index (κ2) is 9.25. The Labute approximate surface area is 143 Å². The van der Waals surface area contributed by atoms with Crippen molar-refractivity contribution in [1.82, 2.24) is 4.90 Å². The minimum absolute atomic E-state index is 0.0897. The molecule has 0 aliphatic heterocycles. The molecule has 0 bridgehead atoms. The third-order valence-corrected chi connectivity index (χ3v) is 4.88. The predicted molar refractivity (Wildman–Crippen MR) is 94.1 cm³/mol. The quantitative estimate of drug-likeness (QED) is 0.732. The SMILES string of the molecule is CCCCN(Cc1ccccc1Cl)C(=O)C(N)CCS(C)(=O)=O. The van der Waals surface area contributed by atoms with E-state index in [1.807, 2.05) is 25.1 Å². The highest BCUT2D eigenvalue weighted by Gasteiger charge is 2.22. The molecule has 1 amide bonds. The first-order chi connectivity index (χ1) is 10.7. The van der Waals surface area contributed by atoms with Gasteiger partial charge >= 0.3 is 0 Å². The fourth-order valence-electron chi connectivity index (χ4n) is 2.15. The zero-order valence-electron chi connectivity index (χ0n) is 13.7. The van der Waals surface area contributed by atoms with Gasteiger partial charge in [0, 0.05) is 24.4 Å². The van der Waals surface area contributed by atoms with Crippen LogP contribution in [-0.2, 0) is 21.2 Å². The third-order valence-electron chi connectivity index (χ3n) is 3.53. The van der Waals surface area contributed by atoms with E-state index < -0.39 is 15.9 Å². The van der Waals surface area contributed by atoms with Crippen LogP contribution < -0.4 is 5.73 Å². The Morgan fingerprint density at radius 2 is 2.00 bits per heavy atom. The molecule has 0 aliphatic rings. The highest BCUT2D eigenvalue weighted by Crippen LogP contribution is 2.18. The van der Waals surface area contributed by atoms with Gasteiger partial charge in [0.1, 0.15) is 9.84 Å². The first-order valence-electron chi connectivity index (χ1n) is 7.70. The Hall–Kier alpha value is -1.11. The van der Waals surface area contributed by atoms with Crippen LogP contribution in [0.25, 0.3) is 0 Å². The molecule has 1 atom stereocenters. The fourth-order valence-corrected chi connectivity index (χ4v) is 3.02. The van der Waals surface area contributed by atoms with Crippen LogP contribution in [0.3, 0.4) is 0 Å². The van der Waals surface area contributed by atoms with E-state index >= 15 is 0 Å². The minimum Gasteiger partial charge on any atom is -0.337 e. The summed E-state index contributed by atoms with van der Waals surface area (Å²) in [6, 6.07) is 6.54. The number of benzene rings is 1. The number of carbonyl (C=O) groups excluding carboxylic acids is 1. The van der Waals surface area contributed by atoms with Gasteiger partial charge < -0.3 is 10.6 Å². The first-order valence-corrected chi connectivity index (χ1v) is 10.1. The summed E-state index contributed by atoms with van der Waals surface area (Å²) in [6.07, 6.45) is 3.07. The van der Waals surface area contributed by atoms with Crippen molar-refractivity contribution >= 4 is 27.3 Å². The summed E-state index contributed by atoms with van der Waals surface area (Å²) < 4.78 is 22.5. The van der Waals surface area contributed by atoms with Crippen molar-refractivity contribution in [2.24, 2.45) is 5.73 Å². The van der Waals surface area contributed by atoms with Gasteiger partial charge in [0.25, 0.3) is 0 Å². The molecular weight excluding hydrogens is 336 g/mol. The molecule has 130 valence electrons. The molecule has 0 saturated carbocycles. The summed E-state index contributed by atoms with van der Waals surface area (Å²) in [4.78, 5) is 14.2. The minimum atomic E-state index is -3.13. The predicted octanol–water partition coefficient (Wildman–Crippen LogP) is 2.23. The number of nitrogens with two attached hydrogens (primary N) is 1. The molecular formula is C16H25ClN2O3S. The molecule has 1 aromatic carbocycles. The number of rotatable bonds is 9. The number of sulfone groups is 1. The zero-order valence-corrected chi connectivity index (χ0v) is 15.2. The molecule has 0 aromatic heterocycles. The van der Waals surface area contributed by atoms with Crippen LogP contribution in [0, 0.1) is 0 Å². The van der Waals surface area contributed by atoms with E-state index in [4.69, 9.17) is 17.3 Å². The molecule has 1 unspecified atom stereocenters. The largest absolute Gasteiger partial charge is 0.337 e. The molecule has 0 spiro atoms. The van der Waals surface area contributed by atoms with Gasteiger partial charge in [-0.1, -0.05) is 43.1 Å².